The molecule has 0 N–H and O–H groups in total. The van der Waals surface area contributed by atoms with Gasteiger partial charge in [-0.05, 0) is 29.1 Å². The Morgan fingerprint density at radius 1 is 1.15 bits per heavy atom. The van der Waals surface area contributed by atoms with Crippen LogP contribution in [0, 0.1) is 5.38 Å². The zero-order valence-electron chi connectivity index (χ0n) is 6.55. The third-order valence-corrected chi connectivity index (χ3v) is 2.98. The number of hydrogen-bond donors (Lipinski definition) is 0. The Morgan fingerprint density at radius 2 is 1.85 bits per heavy atom. The van der Waals surface area contributed by atoms with E-state index < -0.39 is 0 Å². The van der Waals surface area contributed by atoms with Crippen molar-refractivity contribution in [2.75, 3.05) is 0 Å². The standard InChI is InChI=1S/C10H5Cl2S/c11-8-2-1-3-9(12)10(8)7-4-5-13-6-7/h1-4,6H. The van der Waals surface area contributed by atoms with Gasteiger partial charge in [0.25, 0.3) is 0 Å². The minimum atomic E-state index is 0.680. The summed E-state index contributed by atoms with van der Waals surface area (Å²) < 4.78 is 0. The van der Waals surface area contributed by atoms with Gasteiger partial charge in [-0.25, -0.2) is 0 Å². The average molecular weight is 228 g/mol. The first-order valence-electron chi connectivity index (χ1n) is 3.68. The lowest BCUT2D eigenvalue weighted by Crippen LogP contribution is -1.77. The minimum absolute atomic E-state index is 0.680. The SMILES string of the molecule is Clc1cccc(Cl)c1-c1c[c]sc1. The second-order valence-electron chi connectivity index (χ2n) is 2.55. The summed E-state index contributed by atoms with van der Waals surface area (Å²) >= 11 is 13.6. The molecule has 0 saturated carbocycles. The molecule has 65 valence electrons. The van der Waals surface area contributed by atoms with Crippen molar-refractivity contribution in [3.8, 4) is 11.1 Å². The van der Waals surface area contributed by atoms with E-state index in [4.69, 9.17) is 23.2 Å². The molecule has 0 amide bonds. The van der Waals surface area contributed by atoms with Crippen LogP contribution in [0.25, 0.3) is 11.1 Å². The van der Waals surface area contributed by atoms with Gasteiger partial charge in [0, 0.05) is 21.0 Å². The van der Waals surface area contributed by atoms with Gasteiger partial charge in [-0.1, -0.05) is 29.3 Å². The molecule has 0 bridgehead atoms. The van der Waals surface area contributed by atoms with Crippen molar-refractivity contribution in [2.45, 2.75) is 0 Å². The number of halogens is 2. The maximum atomic E-state index is 6.03. The van der Waals surface area contributed by atoms with E-state index in [0.29, 0.717) is 10.0 Å². The lowest BCUT2D eigenvalue weighted by atomic mass is 10.1. The maximum Gasteiger partial charge on any atom is 0.0499 e. The lowest BCUT2D eigenvalue weighted by molar-refractivity contribution is 1.67. The van der Waals surface area contributed by atoms with Crippen LogP contribution in [0.3, 0.4) is 0 Å². The molecular formula is C10H5Cl2S. The molecular weight excluding hydrogens is 223 g/mol. The van der Waals surface area contributed by atoms with Gasteiger partial charge >= 0.3 is 0 Å². The van der Waals surface area contributed by atoms with Crippen LogP contribution < -0.4 is 0 Å². The smallest absolute Gasteiger partial charge is 0.0499 e. The van der Waals surface area contributed by atoms with Crippen molar-refractivity contribution in [1.82, 2.24) is 0 Å². The van der Waals surface area contributed by atoms with Crippen molar-refractivity contribution in [1.29, 1.82) is 0 Å². The van der Waals surface area contributed by atoms with Crippen LogP contribution >= 0.6 is 34.5 Å². The summed E-state index contributed by atoms with van der Waals surface area (Å²) in [7, 11) is 0. The zero-order chi connectivity index (χ0) is 9.26. The van der Waals surface area contributed by atoms with Gasteiger partial charge in [0.15, 0.2) is 0 Å². The maximum absolute atomic E-state index is 6.03. The molecule has 0 aliphatic carbocycles. The van der Waals surface area contributed by atoms with E-state index in [2.05, 4.69) is 5.38 Å². The molecule has 1 aromatic carbocycles. The summed E-state index contributed by atoms with van der Waals surface area (Å²) in [6.07, 6.45) is 0. The Labute approximate surface area is 90.7 Å². The molecule has 2 rings (SSSR count). The average Bonchev–Trinajstić information content (AvgIpc) is 2.57. The molecule has 0 saturated heterocycles. The predicted octanol–water partition coefficient (Wildman–Crippen LogP) is 4.52. The van der Waals surface area contributed by atoms with Crippen LogP contribution in [-0.2, 0) is 0 Å². The summed E-state index contributed by atoms with van der Waals surface area (Å²) in [5, 5.41) is 6.35. The molecule has 1 aromatic heterocycles. The Morgan fingerprint density at radius 3 is 2.38 bits per heavy atom. The number of hydrogen-bond acceptors (Lipinski definition) is 1. The molecule has 2 aromatic rings. The van der Waals surface area contributed by atoms with Crippen molar-refractivity contribution in [3.05, 3.63) is 45.1 Å². The molecule has 0 atom stereocenters. The van der Waals surface area contributed by atoms with E-state index in [1.54, 1.807) is 0 Å². The molecule has 1 heterocycles. The van der Waals surface area contributed by atoms with Gasteiger partial charge < -0.3 is 0 Å². The summed E-state index contributed by atoms with van der Waals surface area (Å²) in [5.41, 5.74) is 1.92. The van der Waals surface area contributed by atoms with Gasteiger partial charge in [-0.3, -0.25) is 0 Å². The van der Waals surface area contributed by atoms with E-state index in [9.17, 15) is 0 Å². The molecule has 0 aliphatic heterocycles. The third-order valence-electron chi connectivity index (χ3n) is 1.72. The van der Waals surface area contributed by atoms with E-state index in [1.165, 1.54) is 11.3 Å². The summed E-state index contributed by atoms with van der Waals surface area (Å²) in [5.74, 6) is 0. The molecule has 3 heteroatoms. The number of rotatable bonds is 1. The van der Waals surface area contributed by atoms with Crippen molar-refractivity contribution in [3.63, 3.8) is 0 Å². The highest BCUT2D eigenvalue weighted by Crippen LogP contribution is 2.35. The zero-order valence-corrected chi connectivity index (χ0v) is 8.88. The Hall–Kier alpha value is -0.500. The van der Waals surface area contributed by atoms with Gasteiger partial charge in [0.2, 0.25) is 0 Å². The van der Waals surface area contributed by atoms with E-state index in [-0.39, 0.29) is 0 Å². The minimum Gasteiger partial charge on any atom is -0.142 e. The molecule has 0 fully saturated rings. The normalized spacial score (nSPS) is 10.3. The van der Waals surface area contributed by atoms with Crippen LogP contribution in [0.4, 0.5) is 0 Å². The molecule has 13 heavy (non-hydrogen) atoms. The molecule has 0 aliphatic rings. The van der Waals surface area contributed by atoms with Gasteiger partial charge in [0.1, 0.15) is 0 Å². The van der Waals surface area contributed by atoms with Crippen LogP contribution in [0.2, 0.25) is 10.0 Å². The fourth-order valence-electron chi connectivity index (χ4n) is 1.13. The van der Waals surface area contributed by atoms with Gasteiger partial charge in [0.05, 0.1) is 0 Å². The van der Waals surface area contributed by atoms with Crippen LogP contribution in [0.15, 0.2) is 29.6 Å². The van der Waals surface area contributed by atoms with Crippen molar-refractivity contribution in [2.24, 2.45) is 0 Å². The fourth-order valence-corrected chi connectivity index (χ4v) is 2.33. The van der Waals surface area contributed by atoms with Crippen LogP contribution in [-0.4, -0.2) is 0 Å². The topological polar surface area (TPSA) is 0 Å². The first kappa shape index (κ1) is 9.07. The van der Waals surface area contributed by atoms with Crippen molar-refractivity contribution >= 4 is 34.5 Å². The summed E-state index contributed by atoms with van der Waals surface area (Å²) in [4.78, 5) is 0. The molecule has 0 nitrogen and oxygen atoms in total. The highest BCUT2D eigenvalue weighted by atomic mass is 35.5. The van der Waals surface area contributed by atoms with Crippen LogP contribution in [0.5, 0.6) is 0 Å². The van der Waals surface area contributed by atoms with Gasteiger partial charge in [-0.15, -0.1) is 11.3 Å². The molecule has 0 unspecified atom stereocenters. The van der Waals surface area contributed by atoms with Crippen LogP contribution in [0.1, 0.15) is 0 Å². The first-order valence-corrected chi connectivity index (χ1v) is 5.31. The quantitative estimate of drug-likeness (QED) is 0.673. The number of benzene rings is 1. The van der Waals surface area contributed by atoms with E-state index >= 15 is 0 Å². The van der Waals surface area contributed by atoms with E-state index in [0.717, 1.165) is 11.1 Å². The number of thiophene rings is 1. The Bertz CT molecular complexity index is 387. The second kappa shape index (κ2) is 3.70. The molecule has 0 spiro atoms. The monoisotopic (exact) mass is 227 g/mol. The Kier molecular flexibility index (Phi) is 2.58. The lowest BCUT2D eigenvalue weighted by Gasteiger charge is -2.03. The molecule has 1 radical (unpaired) electrons. The fraction of sp³-hybridized carbons (Fsp3) is 0. The highest BCUT2D eigenvalue weighted by molar-refractivity contribution is 7.07. The second-order valence-corrected chi connectivity index (χ2v) is 4.07. The van der Waals surface area contributed by atoms with Crippen molar-refractivity contribution < 1.29 is 0 Å². The largest absolute Gasteiger partial charge is 0.142 e. The Balaban J connectivity index is 2.64. The third kappa shape index (κ3) is 1.73. The summed E-state index contributed by atoms with van der Waals surface area (Å²) in [6.45, 7) is 0. The first-order chi connectivity index (χ1) is 6.29. The van der Waals surface area contributed by atoms with E-state index in [1.807, 2.05) is 29.6 Å². The van der Waals surface area contributed by atoms with Gasteiger partial charge in [-0.2, -0.15) is 0 Å². The predicted molar refractivity (Wildman–Crippen MR) is 58.6 cm³/mol. The summed E-state index contributed by atoms with van der Waals surface area (Å²) in [6, 6.07) is 7.39. The highest BCUT2D eigenvalue weighted by Gasteiger charge is 2.07.